The molecule has 0 aliphatic carbocycles. The van der Waals surface area contributed by atoms with Crippen LogP contribution in [0, 0.1) is 0 Å². The molecule has 2 rings (SSSR count). The molecule has 1 fully saturated rings. The molecule has 1 saturated heterocycles. The Balaban J connectivity index is 2.26. The summed E-state index contributed by atoms with van der Waals surface area (Å²) >= 11 is 0. The zero-order chi connectivity index (χ0) is 13.7. The van der Waals surface area contributed by atoms with Gasteiger partial charge in [-0.2, -0.15) is 0 Å². The van der Waals surface area contributed by atoms with Crippen molar-refractivity contribution in [2.24, 2.45) is 0 Å². The number of hydrogen-bond donors (Lipinski definition) is 0. The summed E-state index contributed by atoms with van der Waals surface area (Å²) in [6, 6.07) is -0.199. The van der Waals surface area contributed by atoms with Crippen LogP contribution in [0.2, 0.25) is 0 Å². The molecule has 0 N–H and O–H groups in total. The van der Waals surface area contributed by atoms with Gasteiger partial charge in [-0.15, -0.1) is 10.3 Å². The lowest BCUT2D eigenvalue weighted by molar-refractivity contribution is -0.293. The molecule has 0 bridgehead atoms. The zero-order valence-corrected chi connectivity index (χ0v) is 11.3. The van der Waals surface area contributed by atoms with Crippen LogP contribution in [0.4, 0.5) is 0 Å². The zero-order valence-electron chi connectivity index (χ0n) is 11.3. The molecular weight excluding hydrogens is 232 g/mol. The summed E-state index contributed by atoms with van der Waals surface area (Å²) in [7, 11) is 0. The number of carbonyl (C=O) groups is 2. The average molecular weight is 251 g/mol. The molecule has 5 heteroatoms. The van der Waals surface area contributed by atoms with Gasteiger partial charge in [0.2, 0.25) is 0 Å². The number of imide groups is 1. The number of piperidine rings is 1. The van der Waals surface area contributed by atoms with Crippen LogP contribution >= 0.6 is 0 Å². The molecule has 0 atom stereocenters. The van der Waals surface area contributed by atoms with Gasteiger partial charge in [-0.3, -0.25) is 14.5 Å². The van der Waals surface area contributed by atoms with Crippen molar-refractivity contribution in [2.75, 3.05) is 0 Å². The maximum atomic E-state index is 12.2. The van der Waals surface area contributed by atoms with Crippen molar-refractivity contribution in [3.8, 4) is 0 Å². The van der Waals surface area contributed by atoms with Gasteiger partial charge in [-0.25, -0.2) is 0 Å². The Bertz CT molecular complexity index is 390. The highest BCUT2D eigenvalue weighted by atomic mass is 16.5. The van der Waals surface area contributed by atoms with Crippen molar-refractivity contribution in [3.05, 3.63) is 12.2 Å². The number of hydrogen-bond acceptors (Lipinski definition) is 3. The molecule has 0 saturated carbocycles. The van der Waals surface area contributed by atoms with Crippen molar-refractivity contribution < 1.29 is 14.8 Å². The molecule has 0 aromatic heterocycles. The van der Waals surface area contributed by atoms with Crippen LogP contribution in [-0.2, 0) is 14.8 Å². The second-order valence-corrected chi connectivity index (χ2v) is 6.36. The van der Waals surface area contributed by atoms with Crippen molar-refractivity contribution in [1.29, 1.82) is 0 Å². The quantitative estimate of drug-likeness (QED) is 0.659. The van der Waals surface area contributed by atoms with Gasteiger partial charge in [-0.1, -0.05) is 0 Å². The summed E-state index contributed by atoms with van der Waals surface area (Å²) in [5, 5.41) is 13.3. The number of hydroxylamine groups is 2. The first-order valence-corrected chi connectivity index (χ1v) is 6.18. The fraction of sp³-hybridized carbons (Fsp3) is 0.692. The predicted octanol–water partition coefficient (Wildman–Crippen LogP) is 1.28. The topological polar surface area (TPSA) is 60.5 Å². The highest BCUT2D eigenvalue weighted by Crippen LogP contribution is 2.39. The van der Waals surface area contributed by atoms with E-state index in [0.717, 1.165) is 5.06 Å². The lowest BCUT2D eigenvalue weighted by atomic mass is 9.78. The number of rotatable bonds is 1. The summed E-state index contributed by atoms with van der Waals surface area (Å²) in [4.78, 5) is 24.7. The fourth-order valence-electron chi connectivity index (χ4n) is 3.16. The van der Waals surface area contributed by atoms with Gasteiger partial charge in [0, 0.05) is 29.3 Å². The molecule has 0 unspecified atom stereocenters. The predicted molar refractivity (Wildman–Crippen MR) is 64.7 cm³/mol. The second-order valence-electron chi connectivity index (χ2n) is 6.36. The molecule has 1 radical (unpaired) electrons. The van der Waals surface area contributed by atoms with E-state index in [1.54, 1.807) is 0 Å². The third-order valence-electron chi connectivity index (χ3n) is 3.78. The van der Waals surface area contributed by atoms with Crippen molar-refractivity contribution in [2.45, 2.75) is 57.7 Å². The van der Waals surface area contributed by atoms with E-state index in [2.05, 4.69) is 0 Å². The number of amides is 2. The van der Waals surface area contributed by atoms with Gasteiger partial charge in [0.15, 0.2) is 0 Å². The van der Waals surface area contributed by atoms with E-state index in [1.165, 1.54) is 17.1 Å². The summed E-state index contributed by atoms with van der Waals surface area (Å²) in [5.41, 5.74) is -1.15. The monoisotopic (exact) mass is 251 g/mol. The smallest absolute Gasteiger partial charge is 0.253 e. The van der Waals surface area contributed by atoms with E-state index >= 15 is 0 Å². The normalized spacial score (nSPS) is 28.2. The van der Waals surface area contributed by atoms with E-state index in [9.17, 15) is 14.8 Å². The van der Waals surface area contributed by atoms with Gasteiger partial charge >= 0.3 is 0 Å². The lowest BCUT2D eigenvalue weighted by Crippen LogP contribution is -2.63. The highest BCUT2D eigenvalue weighted by molar-refractivity contribution is 6.13. The molecule has 2 amide bonds. The van der Waals surface area contributed by atoms with Crippen LogP contribution in [-0.4, -0.2) is 38.9 Å². The maximum Gasteiger partial charge on any atom is 0.253 e. The molecule has 2 heterocycles. The molecule has 0 aromatic rings. The molecule has 99 valence electrons. The van der Waals surface area contributed by atoms with E-state index in [0.29, 0.717) is 12.8 Å². The first-order chi connectivity index (χ1) is 8.15. The highest BCUT2D eigenvalue weighted by Gasteiger charge is 2.49. The molecule has 5 nitrogen and oxygen atoms in total. The van der Waals surface area contributed by atoms with Gasteiger partial charge < -0.3 is 0 Å². The molecule has 2 aliphatic rings. The summed E-state index contributed by atoms with van der Waals surface area (Å²) in [6.45, 7) is 7.41. The van der Waals surface area contributed by atoms with Crippen molar-refractivity contribution in [3.63, 3.8) is 0 Å². The van der Waals surface area contributed by atoms with Gasteiger partial charge in [0.05, 0.1) is 0 Å². The van der Waals surface area contributed by atoms with Gasteiger partial charge in [0.1, 0.15) is 0 Å². The third-order valence-corrected chi connectivity index (χ3v) is 3.78. The lowest BCUT2D eigenvalue weighted by Gasteiger charge is -2.51. The van der Waals surface area contributed by atoms with E-state index in [-0.39, 0.29) is 17.9 Å². The van der Waals surface area contributed by atoms with Crippen molar-refractivity contribution in [1.82, 2.24) is 9.96 Å². The van der Waals surface area contributed by atoms with Gasteiger partial charge in [0.25, 0.3) is 11.8 Å². The van der Waals surface area contributed by atoms with Gasteiger partial charge in [-0.05, 0) is 40.5 Å². The van der Waals surface area contributed by atoms with Crippen molar-refractivity contribution >= 4 is 11.8 Å². The fourth-order valence-corrected chi connectivity index (χ4v) is 3.16. The largest absolute Gasteiger partial charge is 0.272 e. The molecule has 0 aromatic carbocycles. The summed E-state index contributed by atoms with van der Waals surface area (Å²) < 4.78 is 0. The number of nitrogens with zero attached hydrogens (tertiary/aromatic N) is 2. The average Bonchev–Trinajstić information content (AvgIpc) is 2.54. The minimum Gasteiger partial charge on any atom is -0.272 e. The first kappa shape index (κ1) is 13.2. The van der Waals surface area contributed by atoms with E-state index < -0.39 is 11.1 Å². The third kappa shape index (κ3) is 1.97. The Labute approximate surface area is 107 Å². The molecular formula is C13H19N2O3. The minimum absolute atomic E-state index is 0.199. The molecule has 0 spiro atoms. The molecule has 2 aliphatic heterocycles. The van der Waals surface area contributed by atoms with Crippen LogP contribution in [0.15, 0.2) is 12.2 Å². The first-order valence-electron chi connectivity index (χ1n) is 6.18. The summed E-state index contributed by atoms with van der Waals surface area (Å²) in [5.74, 6) is -0.535. The van der Waals surface area contributed by atoms with Crippen LogP contribution in [0.1, 0.15) is 40.5 Å². The second kappa shape index (κ2) is 3.90. The van der Waals surface area contributed by atoms with Crippen LogP contribution in [0.5, 0.6) is 0 Å². The van der Waals surface area contributed by atoms with Crippen LogP contribution in [0.25, 0.3) is 0 Å². The SMILES string of the molecule is CC1(C)CC(N2C(=O)C=CC2=O)CC(C)(C)[14N]1[O]. The van der Waals surface area contributed by atoms with E-state index in [1.807, 2.05) is 27.7 Å². The Morgan fingerprint density at radius 2 is 1.39 bits per heavy atom. The Kier molecular flexibility index (Phi) is 2.87. The Hall–Kier alpha value is -1.20. The summed E-state index contributed by atoms with van der Waals surface area (Å²) in [6.07, 6.45) is 3.62. The maximum absolute atomic E-state index is 12.2. The molecule has 18 heavy (non-hydrogen) atoms. The van der Waals surface area contributed by atoms with Crippen LogP contribution in [0.3, 0.4) is 0 Å². The van der Waals surface area contributed by atoms with E-state index in [4.69, 9.17) is 0 Å². The Morgan fingerprint density at radius 3 is 1.78 bits per heavy atom. The standard InChI is InChI=1S/C13H19N2O3/c1-12(2)7-9(8-13(3,4)15(12)18)14-10(16)5-6-11(14)17/h5-6,9H,7-8H2,1-4H3/i15+0. The Morgan fingerprint density at radius 1 is 1.00 bits per heavy atom. The van der Waals surface area contributed by atoms with Crippen LogP contribution < -0.4 is 0 Å². The number of carbonyl (C=O) groups excluding carboxylic acids is 2. The minimum atomic E-state index is -0.574.